The highest BCUT2D eigenvalue weighted by atomic mass is 19.1. The van der Waals surface area contributed by atoms with Gasteiger partial charge in [0, 0.05) is 18.3 Å². The standard InChI is InChI=1S/C19H24FN5O/c1-12-9-13(2)25(23-12)11-16-10-17(22-21-16)19(26)24-8-7-18(24)14-3-5-15(20)6-4-14/h3-6,9,16-18,21-22H,7-8,10-11H2,1-2H3. The monoisotopic (exact) mass is 357 g/mol. The number of likely N-dealkylation sites (tertiary alicyclic amines) is 1. The summed E-state index contributed by atoms with van der Waals surface area (Å²) in [4.78, 5) is 14.8. The van der Waals surface area contributed by atoms with Crippen LogP contribution in [0.25, 0.3) is 0 Å². The van der Waals surface area contributed by atoms with E-state index in [2.05, 4.69) is 22.0 Å². The van der Waals surface area contributed by atoms with Gasteiger partial charge in [-0.05, 0) is 50.5 Å². The van der Waals surface area contributed by atoms with Crippen molar-refractivity contribution in [3.05, 3.63) is 53.1 Å². The zero-order valence-corrected chi connectivity index (χ0v) is 15.1. The minimum atomic E-state index is -0.250. The molecule has 2 aliphatic rings. The van der Waals surface area contributed by atoms with Gasteiger partial charge in [-0.1, -0.05) is 12.1 Å². The molecular weight excluding hydrogens is 333 g/mol. The van der Waals surface area contributed by atoms with Crippen molar-refractivity contribution in [2.45, 2.75) is 51.4 Å². The molecule has 138 valence electrons. The molecule has 2 aromatic rings. The van der Waals surface area contributed by atoms with Gasteiger partial charge in [-0.3, -0.25) is 14.9 Å². The number of halogens is 1. The van der Waals surface area contributed by atoms with E-state index in [4.69, 9.17) is 0 Å². The highest BCUT2D eigenvalue weighted by Gasteiger charge is 2.39. The number of amides is 1. The molecule has 3 heterocycles. The van der Waals surface area contributed by atoms with Crippen molar-refractivity contribution in [2.24, 2.45) is 0 Å². The SMILES string of the molecule is Cc1cc(C)n(CC2CC(C(=O)N3CCC3c3ccc(F)cc3)NN2)n1. The number of carbonyl (C=O) groups is 1. The molecule has 0 bridgehead atoms. The van der Waals surface area contributed by atoms with E-state index in [0.29, 0.717) is 0 Å². The van der Waals surface area contributed by atoms with Crippen molar-refractivity contribution in [3.8, 4) is 0 Å². The molecule has 1 aromatic carbocycles. The summed E-state index contributed by atoms with van der Waals surface area (Å²) in [7, 11) is 0. The van der Waals surface area contributed by atoms with E-state index in [-0.39, 0.29) is 29.8 Å². The minimum absolute atomic E-state index is 0.0555. The van der Waals surface area contributed by atoms with E-state index in [1.165, 1.54) is 12.1 Å². The third-order valence-electron chi connectivity index (χ3n) is 5.33. The van der Waals surface area contributed by atoms with Gasteiger partial charge in [0.2, 0.25) is 5.91 Å². The molecule has 2 N–H and O–H groups in total. The topological polar surface area (TPSA) is 62.2 Å². The highest BCUT2D eigenvalue weighted by molar-refractivity contribution is 5.83. The van der Waals surface area contributed by atoms with Crippen LogP contribution in [-0.4, -0.2) is 39.2 Å². The van der Waals surface area contributed by atoms with Gasteiger partial charge in [0.1, 0.15) is 11.9 Å². The van der Waals surface area contributed by atoms with Crippen LogP contribution >= 0.6 is 0 Å². The molecule has 0 aliphatic carbocycles. The van der Waals surface area contributed by atoms with E-state index >= 15 is 0 Å². The van der Waals surface area contributed by atoms with Crippen LogP contribution in [0.15, 0.2) is 30.3 Å². The predicted molar refractivity (Wildman–Crippen MR) is 95.6 cm³/mol. The first kappa shape index (κ1) is 17.2. The summed E-state index contributed by atoms with van der Waals surface area (Å²) in [5.74, 6) is -0.145. The fourth-order valence-electron chi connectivity index (χ4n) is 3.85. The number of hydrogen-bond acceptors (Lipinski definition) is 4. The number of hydrogen-bond donors (Lipinski definition) is 2. The highest BCUT2D eigenvalue weighted by Crippen LogP contribution is 2.34. The molecule has 3 unspecified atom stereocenters. The molecule has 0 spiro atoms. The Balaban J connectivity index is 1.37. The quantitative estimate of drug-likeness (QED) is 0.877. The first-order valence-electron chi connectivity index (χ1n) is 9.09. The first-order chi connectivity index (χ1) is 12.5. The van der Waals surface area contributed by atoms with Crippen LogP contribution in [0.5, 0.6) is 0 Å². The maximum absolute atomic E-state index is 13.1. The van der Waals surface area contributed by atoms with Crippen molar-refractivity contribution in [3.63, 3.8) is 0 Å². The molecule has 0 saturated carbocycles. The molecule has 2 fully saturated rings. The molecule has 7 heteroatoms. The lowest BCUT2D eigenvalue weighted by Gasteiger charge is -2.42. The Morgan fingerprint density at radius 2 is 2.04 bits per heavy atom. The van der Waals surface area contributed by atoms with Gasteiger partial charge in [0.25, 0.3) is 0 Å². The molecule has 2 aliphatic heterocycles. The van der Waals surface area contributed by atoms with Crippen LogP contribution < -0.4 is 10.9 Å². The van der Waals surface area contributed by atoms with E-state index in [1.807, 2.05) is 23.4 Å². The lowest BCUT2D eigenvalue weighted by Crippen LogP contribution is -2.52. The average molecular weight is 357 g/mol. The molecule has 1 aromatic heterocycles. The van der Waals surface area contributed by atoms with Crippen LogP contribution in [0.3, 0.4) is 0 Å². The summed E-state index contributed by atoms with van der Waals surface area (Å²) in [6, 6.07) is 8.48. The summed E-state index contributed by atoms with van der Waals surface area (Å²) in [6.45, 7) is 5.51. The zero-order chi connectivity index (χ0) is 18.3. The lowest BCUT2D eigenvalue weighted by molar-refractivity contribution is -0.141. The van der Waals surface area contributed by atoms with Crippen molar-refractivity contribution in [2.75, 3.05) is 6.54 Å². The normalized spacial score (nSPS) is 25.3. The van der Waals surface area contributed by atoms with Crippen molar-refractivity contribution >= 4 is 5.91 Å². The van der Waals surface area contributed by atoms with Crippen molar-refractivity contribution < 1.29 is 9.18 Å². The van der Waals surface area contributed by atoms with Gasteiger partial charge >= 0.3 is 0 Å². The predicted octanol–water partition coefficient (Wildman–Crippen LogP) is 1.85. The number of carbonyl (C=O) groups excluding carboxylic acids is 1. The van der Waals surface area contributed by atoms with Crippen molar-refractivity contribution in [1.29, 1.82) is 0 Å². The number of benzene rings is 1. The number of aryl methyl sites for hydroxylation is 2. The third-order valence-corrected chi connectivity index (χ3v) is 5.33. The maximum Gasteiger partial charge on any atom is 0.241 e. The second kappa shape index (κ2) is 6.81. The fraction of sp³-hybridized carbons (Fsp3) is 0.474. The van der Waals surface area contributed by atoms with Gasteiger partial charge in [-0.2, -0.15) is 5.10 Å². The Hall–Kier alpha value is -2.25. The third kappa shape index (κ3) is 3.24. The number of nitrogens with one attached hydrogen (secondary N) is 2. The van der Waals surface area contributed by atoms with Crippen LogP contribution in [0.1, 0.15) is 35.8 Å². The van der Waals surface area contributed by atoms with E-state index in [0.717, 1.165) is 42.9 Å². The Kier molecular flexibility index (Phi) is 4.50. The Morgan fingerprint density at radius 3 is 2.65 bits per heavy atom. The number of nitrogens with zero attached hydrogens (tertiary/aromatic N) is 3. The minimum Gasteiger partial charge on any atom is -0.334 e. The summed E-state index contributed by atoms with van der Waals surface area (Å²) in [5.41, 5.74) is 9.49. The van der Waals surface area contributed by atoms with Gasteiger partial charge in [0.15, 0.2) is 0 Å². The molecule has 2 saturated heterocycles. The molecule has 4 rings (SSSR count). The van der Waals surface area contributed by atoms with E-state index < -0.39 is 0 Å². The van der Waals surface area contributed by atoms with Crippen LogP contribution in [0, 0.1) is 19.7 Å². The van der Waals surface area contributed by atoms with Gasteiger partial charge < -0.3 is 4.90 Å². The van der Waals surface area contributed by atoms with Crippen LogP contribution in [-0.2, 0) is 11.3 Å². The lowest BCUT2D eigenvalue weighted by atomic mass is 9.93. The van der Waals surface area contributed by atoms with Crippen molar-refractivity contribution in [1.82, 2.24) is 25.5 Å². The van der Waals surface area contributed by atoms with E-state index in [1.54, 1.807) is 12.1 Å². The van der Waals surface area contributed by atoms with Crippen LogP contribution in [0.2, 0.25) is 0 Å². The summed E-state index contributed by atoms with van der Waals surface area (Å²) in [6.07, 6.45) is 1.65. The molecule has 3 atom stereocenters. The second-order valence-electron chi connectivity index (χ2n) is 7.27. The summed E-state index contributed by atoms with van der Waals surface area (Å²) >= 11 is 0. The number of aromatic nitrogens is 2. The maximum atomic E-state index is 13.1. The molecule has 6 nitrogen and oxygen atoms in total. The van der Waals surface area contributed by atoms with Gasteiger partial charge in [-0.15, -0.1) is 0 Å². The molecule has 26 heavy (non-hydrogen) atoms. The smallest absolute Gasteiger partial charge is 0.241 e. The van der Waals surface area contributed by atoms with Gasteiger partial charge in [-0.25, -0.2) is 9.82 Å². The molecule has 0 radical (unpaired) electrons. The summed E-state index contributed by atoms with van der Waals surface area (Å²) < 4.78 is 15.1. The molecular formula is C19H24FN5O. The fourth-order valence-corrected chi connectivity index (χ4v) is 3.85. The van der Waals surface area contributed by atoms with Gasteiger partial charge in [0.05, 0.1) is 18.3 Å². The second-order valence-corrected chi connectivity index (χ2v) is 7.27. The Bertz CT molecular complexity index is 803. The Morgan fingerprint density at radius 1 is 1.27 bits per heavy atom. The number of rotatable bonds is 4. The number of hydrazine groups is 1. The first-order valence-corrected chi connectivity index (χ1v) is 9.09. The van der Waals surface area contributed by atoms with Crippen LogP contribution in [0.4, 0.5) is 4.39 Å². The van der Waals surface area contributed by atoms with E-state index in [9.17, 15) is 9.18 Å². The summed E-state index contributed by atoms with van der Waals surface area (Å²) in [5, 5.41) is 4.49. The zero-order valence-electron chi connectivity index (χ0n) is 15.1. The largest absolute Gasteiger partial charge is 0.334 e. The molecule has 1 amide bonds. The Labute approximate surface area is 152 Å². The average Bonchev–Trinajstić information content (AvgIpc) is 3.15.